The van der Waals surface area contributed by atoms with Crippen molar-refractivity contribution in [2.75, 3.05) is 0 Å². The van der Waals surface area contributed by atoms with Crippen molar-refractivity contribution in [2.24, 2.45) is 5.73 Å². The van der Waals surface area contributed by atoms with Crippen LogP contribution >= 0.6 is 0 Å². The molecule has 1 aromatic carbocycles. The van der Waals surface area contributed by atoms with Crippen LogP contribution in [0, 0.1) is 5.82 Å². The van der Waals surface area contributed by atoms with Crippen LogP contribution in [0.25, 0.3) is 11.3 Å². The third kappa shape index (κ3) is 5.13. The van der Waals surface area contributed by atoms with Crippen LogP contribution in [0.5, 0.6) is 0 Å². The minimum atomic E-state index is -0.514. The van der Waals surface area contributed by atoms with Gasteiger partial charge in [0, 0.05) is 23.8 Å². The number of nitrogens with two attached hydrogens (primary N) is 1. The first-order chi connectivity index (χ1) is 13.4. The van der Waals surface area contributed by atoms with Gasteiger partial charge in [-0.1, -0.05) is 12.1 Å². The van der Waals surface area contributed by atoms with E-state index in [2.05, 4.69) is 15.6 Å². The molecule has 1 saturated carbocycles. The number of nitrogens with zero attached hydrogens (tertiary/aromatic N) is 1. The summed E-state index contributed by atoms with van der Waals surface area (Å²) in [7, 11) is 0. The van der Waals surface area contributed by atoms with Crippen LogP contribution in [0.2, 0.25) is 0 Å². The monoisotopic (exact) mass is 384 g/mol. The van der Waals surface area contributed by atoms with Gasteiger partial charge in [0.2, 0.25) is 5.91 Å². The molecule has 6 nitrogen and oxygen atoms in total. The van der Waals surface area contributed by atoms with E-state index in [9.17, 15) is 14.0 Å². The zero-order valence-electron chi connectivity index (χ0n) is 15.8. The maximum atomic E-state index is 13.3. The van der Waals surface area contributed by atoms with Gasteiger partial charge in [-0.3, -0.25) is 14.6 Å². The fourth-order valence-electron chi connectivity index (χ4n) is 3.33. The molecule has 148 valence electrons. The Balaban J connectivity index is 1.52. The van der Waals surface area contributed by atoms with Crippen LogP contribution < -0.4 is 16.4 Å². The number of hydrogen-bond acceptors (Lipinski definition) is 4. The van der Waals surface area contributed by atoms with Crippen molar-refractivity contribution in [3.8, 4) is 11.3 Å². The number of pyridine rings is 1. The molecular weight excluding hydrogens is 359 g/mol. The summed E-state index contributed by atoms with van der Waals surface area (Å²) < 4.78 is 13.3. The highest BCUT2D eigenvalue weighted by Gasteiger charge is 2.24. The van der Waals surface area contributed by atoms with Crippen LogP contribution in [-0.2, 0) is 4.79 Å². The quantitative estimate of drug-likeness (QED) is 0.737. The molecule has 1 aromatic heterocycles. The van der Waals surface area contributed by atoms with Crippen LogP contribution in [0.15, 0.2) is 42.6 Å². The molecule has 2 amide bonds. The first kappa shape index (κ1) is 19.9. The largest absolute Gasteiger partial charge is 0.352 e. The highest BCUT2D eigenvalue weighted by Crippen LogP contribution is 2.20. The van der Waals surface area contributed by atoms with Crippen molar-refractivity contribution in [1.29, 1.82) is 0 Å². The molecule has 0 radical (unpaired) electrons. The van der Waals surface area contributed by atoms with Gasteiger partial charge in [0.25, 0.3) is 5.91 Å². The first-order valence-corrected chi connectivity index (χ1v) is 9.51. The Labute approximate surface area is 163 Å². The van der Waals surface area contributed by atoms with E-state index < -0.39 is 6.04 Å². The summed E-state index contributed by atoms with van der Waals surface area (Å²) >= 11 is 0. The molecule has 0 spiro atoms. The lowest BCUT2D eigenvalue weighted by molar-refractivity contribution is -0.122. The van der Waals surface area contributed by atoms with E-state index in [-0.39, 0.29) is 29.7 Å². The third-order valence-electron chi connectivity index (χ3n) is 4.97. The number of carbonyl (C=O) groups is 2. The van der Waals surface area contributed by atoms with Gasteiger partial charge < -0.3 is 16.4 Å². The third-order valence-corrected chi connectivity index (χ3v) is 4.97. The van der Waals surface area contributed by atoms with Gasteiger partial charge in [0.05, 0.1) is 17.3 Å². The molecule has 4 N–H and O–H groups in total. The van der Waals surface area contributed by atoms with Crippen molar-refractivity contribution < 1.29 is 14.0 Å². The summed E-state index contributed by atoms with van der Waals surface area (Å²) in [4.78, 5) is 28.4. The lowest BCUT2D eigenvalue weighted by atomic mass is 9.91. The maximum absolute atomic E-state index is 13.3. The summed E-state index contributed by atoms with van der Waals surface area (Å²) in [5.41, 5.74) is 7.32. The predicted molar refractivity (Wildman–Crippen MR) is 105 cm³/mol. The van der Waals surface area contributed by atoms with Crippen LogP contribution in [-0.4, -0.2) is 34.9 Å². The second-order valence-corrected chi connectivity index (χ2v) is 7.26. The van der Waals surface area contributed by atoms with Gasteiger partial charge in [-0.15, -0.1) is 0 Å². The molecule has 0 aliphatic heterocycles. The number of aromatic nitrogens is 1. The lowest BCUT2D eigenvalue weighted by Gasteiger charge is -2.30. The van der Waals surface area contributed by atoms with E-state index in [1.807, 2.05) is 0 Å². The highest BCUT2D eigenvalue weighted by molar-refractivity contribution is 5.94. The maximum Gasteiger partial charge on any atom is 0.253 e. The molecule has 1 aliphatic rings. The summed E-state index contributed by atoms with van der Waals surface area (Å²) in [5.74, 6) is -0.646. The van der Waals surface area contributed by atoms with Crippen LogP contribution in [0.3, 0.4) is 0 Å². The smallest absolute Gasteiger partial charge is 0.253 e. The molecular formula is C21H25FN4O2. The molecule has 1 fully saturated rings. The summed E-state index contributed by atoms with van der Waals surface area (Å²) in [6.07, 6.45) is 4.71. The normalized spacial score (nSPS) is 20.2. The van der Waals surface area contributed by atoms with E-state index in [1.54, 1.807) is 31.2 Å². The molecule has 7 heteroatoms. The Bertz CT molecular complexity index is 831. The average Bonchev–Trinajstić information content (AvgIpc) is 2.69. The average molecular weight is 384 g/mol. The highest BCUT2D eigenvalue weighted by atomic mass is 19.1. The van der Waals surface area contributed by atoms with Crippen LogP contribution in [0.4, 0.5) is 4.39 Å². The zero-order chi connectivity index (χ0) is 20.1. The number of benzene rings is 1. The van der Waals surface area contributed by atoms with Crippen LogP contribution in [0.1, 0.15) is 43.0 Å². The number of hydrogen-bond donors (Lipinski definition) is 3. The fourth-order valence-corrected chi connectivity index (χ4v) is 3.33. The van der Waals surface area contributed by atoms with E-state index in [1.165, 1.54) is 18.3 Å². The Hall–Kier alpha value is -2.80. The Morgan fingerprint density at radius 3 is 2.36 bits per heavy atom. The molecule has 1 atom stereocenters. The lowest BCUT2D eigenvalue weighted by Crippen LogP contribution is -2.47. The van der Waals surface area contributed by atoms with E-state index in [0.29, 0.717) is 16.8 Å². The molecule has 1 heterocycles. The number of nitrogens with one attached hydrogen (secondary N) is 2. The van der Waals surface area contributed by atoms with Gasteiger partial charge in [0.1, 0.15) is 5.82 Å². The standard InChI is InChI=1S/C21H25FN4O2/c1-13(23)20(27)25-17-6-8-18(9-7-17)26-21(28)15-5-10-19(24-12-15)14-3-2-4-16(22)11-14/h2-5,10-13,17-18H,6-9,23H2,1H3,(H,25,27)(H,26,28)/t13-,17?,18?/m0/s1. The minimum Gasteiger partial charge on any atom is -0.352 e. The molecule has 0 unspecified atom stereocenters. The topological polar surface area (TPSA) is 97.1 Å². The van der Waals surface area contributed by atoms with Gasteiger partial charge >= 0.3 is 0 Å². The SMILES string of the molecule is C[C@H](N)C(=O)NC1CCC(NC(=O)c2ccc(-c3cccc(F)c3)nc2)CC1. The number of rotatable bonds is 5. The summed E-state index contributed by atoms with van der Waals surface area (Å²) in [6.45, 7) is 1.66. The Morgan fingerprint density at radius 1 is 1.11 bits per heavy atom. The molecule has 3 rings (SSSR count). The zero-order valence-corrected chi connectivity index (χ0v) is 15.8. The van der Waals surface area contributed by atoms with E-state index in [4.69, 9.17) is 5.73 Å². The molecule has 1 aliphatic carbocycles. The fraction of sp³-hybridized carbons (Fsp3) is 0.381. The molecule has 28 heavy (non-hydrogen) atoms. The Kier molecular flexibility index (Phi) is 6.36. The molecule has 2 aromatic rings. The first-order valence-electron chi connectivity index (χ1n) is 9.51. The van der Waals surface area contributed by atoms with Crippen molar-refractivity contribution in [3.63, 3.8) is 0 Å². The minimum absolute atomic E-state index is 0.0684. The predicted octanol–water partition coefficient (Wildman–Crippen LogP) is 2.39. The number of halogens is 1. The van der Waals surface area contributed by atoms with E-state index in [0.717, 1.165) is 25.7 Å². The summed E-state index contributed by atoms with van der Waals surface area (Å²) in [5, 5.41) is 5.96. The van der Waals surface area contributed by atoms with Crippen molar-refractivity contribution in [1.82, 2.24) is 15.6 Å². The second-order valence-electron chi connectivity index (χ2n) is 7.26. The van der Waals surface area contributed by atoms with Crippen molar-refractivity contribution in [2.45, 2.75) is 50.7 Å². The number of amides is 2. The van der Waals surface area contributed by atoms with Gasteiger partial charge in [-0.05, 0) is 56.9 Å². The van der Waals surface area contributed by atoms with Gasteiger partial charge in [-0.2, -0.15) is 0 Å². The second kappa shape index (κ2) is 8.93. The molecule has 0 saturated heterocycles. The van der Waals surface area contributed by atoms with Gasteiger partial charge in [0.15, 0.2) is 0 Å². The van der Waals surface area contributed by atoms with Crippen molar-refractivity contribution in [3.05, 3.63) is 54.0 Å². The van der Waals surface area contributed by atoms with E-state index >= 15 is 0 Å². The number of carbonyl (C=O) groups excluding carboxylic acids is 2. The summed E-state index contributed by atoms with van der Waals surface area (Å²) in [6, 6.07) is 9.25. The van der Waals surface area contributed by atoms with Crippen molar-refractivity contribution >= 4 is 11.8 Å². The molecule has 0 bridgehead atoms. The Morgan fingerprint density at radius 2 is 1.79 bits per heavy atom. The van der Waals surface area contributed by atoms with Gasteiger partial charge in [-0.25, -0.2) is 4.39 Å².